The van der Waals surface area contributed by atoms with Crippen LogP contribution in [0.5, 0.6) is 0 Å². The van der Waals surface area contributed by atoms with E-state index < -0.39 is 4.92 Å². The van der Waals surface area contributed by atoms with Crippen molar-refractivity contribution in [2.45, 2.75) is 6.92 Å². The second-order valence-corrected chi connectivity index (χ2v) is 7.14. The van der Waals surface area contributed by atoms with E-state index in [9.17, 15) is 14.9 Å². The van der Waals surface area contributed by atoms with Gasteiger partial charge in [0.25, 0.3) is 11.6 Å². The van der Waals surface area contributed by atoms with Gasteiger partial charge >= 0.3 is 0 Å². The summed E-state index contributed by atoms with van der Waals surface area (Å²) in [6.07, 6.45) is 3.02. The van der Waals surface area contributed by atoms with Crippen LogP contribution in [0.1, 0.15) is 16.7 Å². The Bertz CT molecular complexity index is 952. The molecule has 0 bridgehead atoms. The predicted molar refractivity (Wildman–Crippen MR) is 107 cm³/mol. The van der Waals surface area contributed by atoms with Gasteiger partial charge in [0.2, 0.25) is 0 Å². The third-order valence-corrected chi connectivity index (χ3v) is 4.88. The van der Waals surface area contributed by atoms with E-state index in [4.69, 9.17) is 12.2 Å². The monoisotopic (exact) mass is 383 g/mol. The lowest BCUT2D eigenvalue weighted by Gasteiger charge is -2.06. The molecule has 1 aliphatic rings. The lowest BCUT2D eigenvalue weighted by Crippen LogP contribution is -2.22. The summed E-state index contributed by atoms with van der Waals surface area (Å²) in [5, 5.41) is 16.2. The number of carbonyl (C=O) groups excluding carboxylic acids is 1. The van der Waals surface area contributed by atoms with Crippen molar-refractivity contribution in [3.05, 3.63) is 80.2 Å². The van der Waals surface area contributed by atoms with Crippen LogP contribution < -0.4 is 0 Å². The second kappa shape index (κ2) is 7.59. The zero-order valence-corrected chi connectivity index (χ0v) is 15.3. The fraction of sp³-hybridized carbons (Fsp3) is 0.0556. The van der Waals surface area contributed by atoms with Gasteiger partial charge in [-0.05, 0) is 36.8 Å². The number of hydrazone groups is 1. The Labute approximate surface area is 159 Å². The first kappa shape index (κ1) is 18.0. The van der Waals surface area contributed by atoms with Crippen LogP contribution in [0.25, 0.3) is 6.08 Å². The van der Waals surface area contributed by atoms with Crippen molar-refractivity contribution in [3.63, 3.8) is 0 Å². The minimum atomic E-state index is -0.497. The molecule has 1 amide bonds. The lowest BCUT2D eigenvalue weighted by atomic mass is 10.1. The highest BCUT2D eigenvalue weighted by molar-refractivity contribution is 8.26. The number of nitro groups is 1. The number of nitrogens with zero attached hydrogens (tertiary/aromatic N) is 3. The third kappa shape index (κ3) is 3.87. The van der Waals surface area contributed by atoms with Crippen LogP contribution >= 0.6 is 24.0 Å². The Morgan fingerprint density at radius 3 is 2.58 bits per heavy atom. The molecule has 6 nitrogen and oxygen atoms in total. The van der Waals surface area contributed by atoms with E-state index in [0.29, 0.717) is 10.5 Å². The number of rotatable bonds is 4. The first-order chi connectivity index (χ1) is 12.5. The van der Waals surface area contributed by atoms with Crippen LogP contribution in [0.3, 0.4) is 0 Å². The number of hydrogen-bond acceptors (Lipinski definition) is 6. The Morgan fingerprint density at radius 1 is 1.19 bits per heavy atom. The average molecular weight is 383 g/mol. The van der Waals surface area contributed by atoms with Gasteiger partial charge in [0.05, 0.1) is 21.6 Å². The summed E-state index contributed by atoms with van der Waals surface area (Å²) in [4.78, 5) is 23.5. The van der Waals surface area contributed by atoms with E-state index >= 15 is 0 Å². The third-order valence-electron chi connectivity index (χ3n) is 3.59. The zero-order valence-electron chi connectivity index (χ0n) is 13.7. The van der Waals surface area contributed by atoms with Crippen LogP contribution in [-0.4, -0.2) is 26.4 Å². The zero-order chi connectivity index (χ0) is 18.7. The van der Waals surface area contributed by atoms with Gasteiger partial charge in [0.15, 0.2) is 4.32 Å². The van der Waals surface area contributed by atoms with Crippen molar-refractivity contribution in [3.8, 4) is 0 Å². The molecule has 0 aliphatic carbocycles. The molecule has 2 aromatic rings. The van der Waals surface area contributed by atoms with Crippen molar-refractivity contribution in [2.24, 2.45) is 5.10 Å². The van der Waals surface area contributed by atoms with E-state index in [0.717, 1.165) is 27.9 Å². The van der Waals surface area contributed by atoms with Crippen molar-refractivity contribution >= 4 is 52.2 Å². The first-order valence-electron chi connectivity index (χ1n) is 7.58. The fourth-order valence-corrected chi connectivity index (χ4v) is 3.43. The Balaban J connectivity index is 1.84. The molecular formula is C18H13N3O3S2. The average Bonchev–Trinajstić information content (AvgIpc) is 2.88. The van der Waals surface area contributed by atoms with Crippen LogP contribution in [0.15, 0.2) is 58.5 Å². The summed E-state index contributed by atoms with van der Waals surface area (Å²) in [6, 6.07) is 13.9. The molecule has 1 aliphatic heterocycles. The maximum absolute atomic E-state index is 12.5. The summed E-state index contributed by atoms with van der Waals surface area (Å²) >= 11 is 6.36. The Hall–Kier alpha value is -2.84. The van der Waals surface area contributed by atoms with Crippen molar-refractivity contribution in [2.75, 3.05) is 0 Å². The van der Waals surface area contributed by atoms with E-state index in [2.05, 4.69) is 5.10 Å². The van der Waals surface area contributed by atoms with Gasteiger partial charge in [0, 0.05) is 6.07 Å². The molecule has 0 spiro atoms. The number of para-hydroxylation sites is 1. The molecule has 130 valence electrons. The minimum absolute atomic E-state index is 0.0862. The van der Waals surface area contributed by atoms with E-state index in [1.54, 1.807) is 24.3 Å². The molecule has 2 aromatic carbocycles. The van der Waals surface area contributed by atoms with E-state index in [-0.39, 0.29) is 15.9 Å². The molecular weight excluding hydrogens is 370 g/mol. The topological polar surface area (TPSA) is 75.8 Å². The lowest BCUT2D eigenvalue weighted by molar-refractivity contribution is -0.385. The van der Waals surface area contributed by atoms with Crippen molar-refractivity contribution in [1.29, 1.82) is 0 Å². The normalized spacial score (nSPS) is 16.0. The quantitative estimate of drug-likeness (QED) is 0.261. The molecule has 1 saturated heterocycles. The SMILES string of the molecule is Cc1ccc(/C=C2/SC(=S)N(/N=C/c3ccccc3[N+](=O)[O-])C2=O)cc1. The number of thiocarbonyl (C=S) groups is 1. The summed E-state index contributed by atoms with van der Waals surface area (Å²) in [5.41, 5.74) is 2.23. The fourth-order valence-electron chi connectivity index (χ4n) is 2.26. The molecule has 0 N–H and O–H groups in total. The van der Waals surface area contributed by atoms with Crippen LogP contribution in [0.4, 0.5) is 5.69 Å². The molecule has 0 saturated carbocycles. The summed E-state index contributed by atoms with van der Waals surface area (Å²) < 4.78 is 0.281. The van der Waals surface area contributed by atoms with Crippen molar-refractivity contribution < 1.29 is 9.72 Å². The number of nitro benzene ring substituents is 1. The van der Waals surface area contributed by atoms with Crippen LogP contribution in [-0.2, 0) is 4.79 Å². The summed E-state index contributed by atoms with van der Waals surface area (Å²) in [5.74, 6) is -0.351. The molecule has 26 heavy (non-hydrogen) atoms. The molecule has 3 rings (SSSR count). The smallest absolute Gasteiger partial charge is 0.266 e. The number of aryl methyl sites for hydroxylation is 1. The van der Waals surface area contributed by atoms with Gasteiger partial charge in [-0.1, -0.05) is 53.7 Å². The highest BCUT2D eigenvalue weighted by Crippen LogP contribution is 2.32. The minimum Gasteiger partial charge on any atom is -0.266 e. The van der Waals surface area contributed by atoms with Crippen LogP contribution in [0.2, 0.25) is 0 Å². The molecule has 0 aromatic heterocycles. The highest BCUT2D eigenvalue weighted by atomic mass is 32.2. The Morgan fingerprint density at radius 2 is 1.88 bits per heavy atom. The highest BCUT2D eigenvalue weighted by Gasteiger charge is 2.32. The molecule has 0 radical (unpaired) electrons. The molecule has 0 atom stereocenters. The van der Waals surface area contributed by atoms with E-state index in [1.807, 2.05) is 31.2 Å². The summed E-state index contributed by atoms with van der Waals surface area (Å²) in [7, 11) is 0. The molecule has 8 heteroatoms. The standard InChI is InChI=1S/C18H13N3O3S2/c1-12-6-8-13(9-7-12)10-16-17(22)20(18(25)26-16)19-11-14-4-2-3-5-15(14)21(23)24/h2-11H,1H3/b16-10+,19-11+. The number of carbonyl (C=O) groups is 1. The largest absolute Gasteiger partial charge is 0.286 e. The Kier molecular flexibility index (Phi) is 5.24. The van der Waals surface area contributed by atoms with Gasteiger partial charge < -0.3 is 0 Å². The number of thioether (sulfide) groups is 1. The number of hydrogen-bond donors (Lipinski definition) is 0. The predicted octanol–water partition coefficient (Wildman–Crippen LogP) is 4.14. The van der Waals surface area contributed by atoms with Gasteiger partial charge in [-0.25, -0.2) is 0 Å². The van der Waals surface area contributed by atoms with Gasteiger partial charge in [-0.15, -0.1) is 0 Å². The van der Waals surface area contributed by atoms with Crippen LogP contribution in [0, 0.1) is 17.0 Å². The molecule has 1 fully saturated rings. The van der Waals surface area contributed by atoms with Gasteiger partial charge in [-0.3, -0.25) is 14.9 Å². The summed E-state index contributed by atoms with van der Waals surface area (Å²) in [6.45, 7) is 1.99. The number of benzene rings is 2. The van der Waals surface area contributed by atoms with E-state index in [1.165, 1.54) is 12.3 Å². The van der Waals surface area contributed by atoms with Crippen molar-refractivity contribution in [1.82, 2.24) is 5.01 Å². The number of amides is 1. The van der Waals surface area contributed by atoms with Gasteiger partial charge in [-0.2, -0.15) is 10.1 Å². The first-order valence-corrected chi connectivity index (χ1v) is 8.80. The maximum Gasteiger partial charge on any atom is 0.286 e. The van der Waals surface area contributed by atoms with Gasteiger partial charge in [0.1, 0.15) is 0 Å². The molecule has 1 heterocycles. The second-order valence-electron chi connectivity index (χ2n) is 5.46. The molecule has 0 unspecified atom stereocenters. The maximum atomic E-state index is 12.5.